The minimum absolute atomic E-state index is 0.398. The number of likely N-dealkylation sites (tertiary alicyclic amines) is 1. The SMILES string of the molecule is Cc1ccccc1C1(C2CCN(Cc3cccc(C#N)c3)CC2)C=NN=N1. The highest BCUT2D eigenvalue weighted by Crippen LogP contribution is 2.42. The molecule has 2 heterocycles. The van der Waals surface area contributed by atoms with Gasteiger partial charge in [0.05, 0.1) is 17.8 Å². The van der Waals surface area contributed by atoms with Crippen molar-refractivity contribution in [2.75, 3.05) is 13.1 Å². The zero-order valence-electron chi connectivity index (χ0n) is 15.5. The van der Waals surface area contributed by atoms with Crippen molar-refractivity contribution in [1.29, 1.82) is 5.26 Å². The smallest absolute Gasteiger partial charge is 0.149 e. The Morgan fingerprint density at radius 3 is 2.67 bits per heavy atom. The topological polar surface area (TPSA) is 64.1 Å². The molecule has 1 saturated heterocycles. The second-order valence-electron chi connectivity index (χ2n) is 7.44. The third kappa shape index (κ3) is 3.41. The Bertz CT molecular complexity index is 904. The molecule has 1 fully saturated rings. The highest BCUT2D eigenvalue weighted by molar-refractivity contribution is 5.75. The van der Waals surface area contributed by atoms with E-state index in [4.69, 9.17) is 5.26 Å². The van der Waals surface area contributed by atoms with Crippen molar-refractivity contribution in [2.24, 2.45) is 21.4 Å². The van der Waals surface area contributed by atoms with E-state index in [0.717, 1.165) is 38.0 Å². The van der Waals surface area contributed by atoms with E-state index in [1.54, 1.807) is 0 Å². The van der Waals surface area contributed by atoms with E-state index in [2.05, 4.69) is 63.7 Å². The number of hydrogen-bond donors (Lipinski definition) is 0. The molecular weight excluding hydrogens is 334 g/mol. The van der Waals surface area contributed by atoms with Gasteiger partial charge in [-0.3, -0.25) is 4.90 Å². The summed E-state index contributed by atoms with van der Waals surface area (Å²) in [5.74, 6) is 0.398. The van der Waals surface area contributed by atoms with Crippen LogP contribution in [-0.2, 0) is 12.1 Å². The summed E-state index contributed by atoms with van der Waals surface area (Å²) in [5.41, 5.74) is 3.96. The largest absolute Gasteiger partial charge is 0.299 e. The molecule has 1 unspecified atom stereocenters. The zero-order valence-corrected chi connectivity index (χ0v) is 15.5. The van der Waals surface area contributed by atoms with Gasteiger partial charge in [0.2, 0.25) is 0 Å². The van der Waals surface area contributed by atoms with Crippen molar-refractivity contribution in [1.82, 2.24) is 4.90 Å². The summed E-state index contributed by atoms with van der Waals surface area (Å²) in [6, 6.07) is 18.5. The maximum atomic E-state index is 9.09. The first kappa shape index (κ1) is 17.6. The number of aryl methyl sites for hydroxylation is 1. The summed E-state index contributed by atoms with van der Waals surface area (Å²) >= 11 is 0. The summed E-state index contributed by atoms with van der Waals surface area (Å²) < 4.78 is 0. The fraction of sp³-hybridized carbons (Fsp3) is 0.364. The Hall–Kier alpha value is -2.84. The third-order valence-corrected chi connectivity index (χ3v) is 5.77. The van der Waals surface area contributed by atoms with Gasteiger partial charge < -0.3 is 0 Å². The number of nitriles is 1. The molecule has 0 radical (unpaired) electrons. The summed E-state index contributed by atoms with van der Waals surface area (Å²) in [6.07, 6.45) is 4.04. The van der Waals surface area contributed by atoms with E-state index in [0.29, 0.717) is 5.92 Å². The molecule has 2 aromatic carbocycles. The van der Waals surface area contributed by atoms with Gasteiger partial charge in [0.1, 0.15) is 5.54 Å². The average Bonchev–Trinajstić information content (AvgIpc) is 3.20. The highest BCUT2D eigenvalue weighted by Gasteiger charge is 2.43. The van der Waals surface area contributed by atoms with Gasteiger partial charge in [-0.1, -0.05) is 36.4 Å². The monoisotopic (exact) mass is 357 g/mol. The van der Waals surface area contributed by atoms with Crippen molar-refractivity contribution in [3.63, 3.8) is 0 Å². The van der Waals surface area contributed by atoms with Crippen molar-refractivity contribution in [3.05, 3.63) is 70.8 Å². The van der Waals surface area contributed by atoms with E-state index in [-0.39, 0.29) is 0 Å². The Kier molecular flexibility index (Phi) is 4.83. The van der Waals surface area contributed by atoms with Gasteiger partial charge >= 0.3 is 0 Å². The van der Waals surface area contributed by atoms with Crippen LogP contribution in [0.25, 0.3) is 0 Å². The van der Waals surface area contributed by atoms with Crippen molar-refractivity contribution < 1.29 is 0 Å². The fourth-order valence-corrected chi connectivity index (χ4v) is 4.32. The molecule has 0 bridgehead atoms. The van der Waals surface area contributed by atoms with Gasteiger partial charge in [-0.15, -0.1) is 5.10 Å². The first-order valence-corrected chi connectivity index (χ1v) is 9.45. The van der Waals surface area contributed by atoms with Crippen LogP contribution in [0, 0.1) is 24.2 Å². The number of hydrogen-bond acceptors (Lipinski definition) is 5. The first-order chi connectivity index (χ1) is 13.2. The van der Waals surface area contributed by atoms with Crippen molar-refractivity contribution in [2.45, 2.75) is 31.8 Å². The van der Waals surface area contributed by atoms with E-state index < -0.39 is 5.54 Å². The number of piperidine rings is 1. The quantitative estimate of drug-likeness (QED) is 0.813. The maximum absolute atomic E-state index is 9.09. The van der Waals surface area contributed by atoms with Gasteiger partial charge in [-0.25, -0.2) is 0 Å². The van der Waals surface area contributed by atoms with Gasteiger partial charge in [-0.2, -0.15) is 10.4 Å². The molecule has 27 heavy (non-hydrogen) atoms. The predicted molar refractivity (Wildman–Crippen MR) is 105 cm³/mol. The molecule has 4 rings (SSSR count). The first-order valence-electron chi connectivity index (χ1n) is 9.45. The normalized spacial score (nSPS) is 22.8. The van der Waals surface area contributed by atoms with Crippen LogP contribution in [0.2, 0.25) is 0 Å². The summed E-state index contributed by atoms with van der Waals surface area (Å²) in [6.45, 7) is 5.04. The van der Waals surface area contributed by atoms with E-state index in [1.165, 1.54) is 16.7 Å². The third-order valence-electron chi connectivity index (χ3n) is 5.77. The van der Waals surface area contributed by atoms with E-state index >= 15 is 0 Å². The van der Waals surface area contributed by atoms with Gasteiger partial charge in [0.15, 0.2) is 0 Å². The lowest BCUT2D eigenvalue weighted by Crippen LogP contribution is -2.42. The maximum Gasteiger partial charge on any atom is 0.149 e. The number of rotatable bonds is 4. The molecule has 0 N–H and O–H groups in total. The molecule has 2 aliphatic rings. The minimum Gasteiger partial charge on any atom is -0.299 e. The molecule has 0 amide bonds. The van der Waals surface area contributed by atoms with E-state index in [1.807, 2.05) is 24.4 Å². The van der Waals surface area contributed by atoms with Crippen LogP contribution >= 0.6 is 0 Å². The summed E-state index contributed by atoms with van der Waals surface area (Å²) in [5, 5.41) is 21.8. The minimum atomic E-state index is -0.418. The zero-order chi connectivity index (χ0) is 18.7. The van der Waals surface area contributed by atoms with Gasteiger partial charge in [0.25, 0.3) is 0 Å². The molecule has 5 nitrogen and oxygen atoms in total. The molecule has 5 heteroatoms. The van der Waals surface area contributed by atoms with Crippen LogP contribution in [0.1, 0.15) is 35.1 Å². The van der Waals surface area contributed by atoms with Crippen LogP contribution in [0.5, 0.6) is 0 Å². The molecule has 2 aromatic rings. The van der Waals surface area contributed by atoms with Gasteiger partial charge in [-0.05, 0) is 72.8 Å². The summed E-state index contributed by atoms with van der Waals surface area (Å²) in [7, 11) is 0. The molecule has 136 valence electrons. The van der Waals surface area contributed by atoms with Crippen molar-refractivity contribution in [3.8, 4) is 6.07 Å². The predicted octanol–water partition coefficient (Wildman–Crippen LogP) is 4.43. The molecule has 0 aromatic heterocycles. The van der Waals surface area contributed by atoms with Crippen LogP contribution in [0.15, 0.2) is 64.0 Å². The van der Waals surface area contributed by atoms with E-state index in [9.17, 15) is 0 Å². The Morgan fingerprint density at radius 1 is 1.15 bits per heavy atom. The second-order valence-corrected chi connectivity index (χ2v) is 7.44. The molecule has 2 aliphatic heterocycles. The number of nitrogens with zero attached hydrogens (tertiary/aromatic N) is 5. The Balaban J connectivity index is 1.48. The molecular formula is C22H23N5. The number of benzene rings is 2. The van der Waals surface area contributed by atoms with Crippen LogP contribution < -0.4 is 0 Å². The van der Waals surface area contributed by atoms with Gasteiger partial charge in [0, 0.05) is 6.54 Å². The standard InChI is InChI=1S/C22H23N5/c1-17-5-2-3-8-21(17)22(16-24-26-25-22)20-9-11-27(12-10-20)15-19-7-4-6-18(13-19)14-23/h2-8,13,16,20H,9-12,15H2,1H3. The lowest BCUT2D eigenvalue weighted by Gasteiger charge is -2.39. The Labute approximate surface area is 160 Å². The second kappa shape index (κ2) is 7.42. The Morgan fingerprint density at radius 2 is 1.96 bits per heavy atom. The van der Waals surface area contributed by atoms with Crippen LogP contribution in [0.3, 0.4) is 0 Å². The lowest BCUT2D eigenvalue weighted by atomic mass is 9.73. The molecule has 0 saturated carbocycles. The fourth-order valence-electron chi connectivity index (χ4n) is 4.32. The summed E-state index contributed by atoms with van der Waals surface area (Å²) in [4.78, 5) is 2.46. The molecule has 0 spiro atoms. The highest BCUT2D eigenvalue weighted by atomic mass is 15.4. The average molecular weight is 357 g/mol. The molecule has 0 aliphatic carbocycles. The van der Waals surface area contributed by atoms with Crippen molar-refractivity contribution >= 4 is 6.21 Å². The van der Waals surface area contributed by atoms with Crippen LogP contribution in [-0.4, -0.2) is 24.2 Å². The lowest BCUT2D eigenvalue weighted by molar-refractivity contribution is 0.149. The van der Waals surface area contributed by atoms with Crippen LogP contribution in [0.4, 0.5) is 0 Å². The molecule has 1 atom stereocenters.